The van der Waals surface area contributed by atoms with Gasteiger partial charge in [-0.2, -0.15) is 0 Å². The van der Waals surface area contributed by atoms with Gasteiger partial charge in [0.05, 0.1) is 24.4 Å². The molecule has 220 valence electrons. The summed E-state index contributed by atoms with van der Waals surface area (Å²) in [6.45, 7) is 10.6. The first-order chi connectivity index (χ1) is 20.2. The number of hydrogen-bond donors (Lipinski definition) is 0. The molecule has 2 saturated heterocycles. The number of carbonyl (C=O) groups excluding carboxylic acids is 1. The van der Waals surface area contributed by atoms with Crippen molar-refractivity contribution in [2.75, 3.05) is 49.1 Å². The molecule has 0 spiro atoms. The van der Waals surface area contributed by atoms with Crippen molar-refractivity contribution >= 4 is 23.3 Å². The lowest BCUT2D eigenvalue weighted by atomic mass is 10.0. The van der Waals surface area contributed by atoms with Crippen LogP contribution in [0, 0.1) is 5.82 Å². The molecule has 2 aliphatic rings. The van der Waals surface area contributed by atoms with E-state index in [1.165, 1.54) is 6.07 Å². The fourth-order valence-corrected chi connectivity index (χ4v) is 5.88. The Labute approximate surface area is 245 Å². The van der Waals surface area contributed by atoms with E-state index < -0.39 is 5.60 Å². The summed E-state index contributed by atoms with van der Waals surface area (Å²) in [5.41, 5.74) is 2.90. The van der Waals surface area contributed by atoms with Crippen LogP contribution in [0.3, 0.4) is 0 Å². The van der Waals surface area contributed by atoms with Gasteiger partial charge < -0.3 is 14.5 Å². The molecule has 1 aromatic carbocycles. The summed E-state index contributed by atoms with van der Waals surface area (Å²) in [4.78, 5) is 28.6. The number of halogens is 1. The highest BCUT2D eigenvalue weighted by atomic mass is 19.1. The predicted octanol–water partition coefficient (Wildman–Crippen LogP) is 5.13. The molecule has 2 fully saturated rings. The average Bonchev–Trinajstić information content (AvgIpc) is 3.63. The van der Waals surface area contributed by atoms with Crippen molar-refractivity contribution in [2.24, 2.45) is 0 Å². The number of carbonyl (C=O) groups is 1. The molecule has 0 bridgehead atoms. The molecule has 9 nitrogen and oxygen atoms in total. The van der Waals surface area contributed by atoms with E-state index in [4.69, 9.17) is 14.8 Å². The second kappa shape index (κ2) is 11.7. The first-order valence-corrected chi connectivity index (χ1v) is 14.8. The third kappa shape index (κ3) is 6.23. The van der Waals surface area contributed by atoms with Gasteiger partial charge in [0.25, 0.3) is 0 Å². The smallest absolute Gasteiger partial charge is 0.307 e. The van der Waals surface area contributed by atoms with Gasteiger partial charge in [-0.05, 0) is 75.6 Å². The Morgan fingerprint density at radius 1 is 1.00 bits per heavy atom. The minimum Gasteiger partial charge on any atom is -0.460 e. The van der Waals surface area contributed by atoms with Gasteiger partial charge in [0.15, 0.2) is 5.65 Å². The zero-order valence-corrected chi connectivity index (χ0v) is 24.5. The van der Waals surface area contributed by atoms with Crippen molar-refractivity contribution in [2.45, 2.75) is 51.7 Å². The molecular weight excluding hydrogens is 533 g/mol. The van der Waals surface area contributed by atoms with Gasteiger partial charge in [-0.3, -0.25) is 9.69 Å². The molecule has 0 unspecified atom stereocenters. The predicted molar refractivity (Wildman–Crippen MR) is 161 cm³/mol. The fourth-order valence-electron chi connectivity index (χ4n) is 5.88. The van der Waals surface area contributed by atoms with E-state index in [0.717, 1.165) is 79.8 Å². The number of ether oxygens (including phenoxy) is 1. The molecule has 0 saturated carbocycles. The lowest BCUT2D eigenvalue weighted by Crippen LogP contribution is -2.47. The molecule has 4 aromatic rings. The molecule has 0 radical (unpaired) electrons. The molecule has 10 heteroatoms. The van der Waals surface area contributed by atoms with Gasteiger partial charge in [-0.1, -0.05) is 18.2 Å². The first kappa shape index (κ1) is 28.1. The molecular formula is C32H38FN7O2. The van der Waals surface area contributed by atoms with Crippen LogP contribution in [-0.4, -0.2) is 75.3 Å². The zero-order valence-electron chi connectivity index (χ0n) is 24.5. The van der Waals surface area contributed by atoms with Crippen LogP contribution in [0.2, 0.25) is 0 Å². The van der Waals surface area contributed by atoms with Crippen molar-refractivity contribution in [1.29, 1.82) is 0 Å². The second-order valence-electron chi connectivity index (χ2n) is 12.1. The lowest BCUT2D eigenvalue weighted by Gasteiger charge is -2.35. The van der Waals surface area contributed by atoms with Gasteiger partial charge in [0.1, 0.15) is 28.7 Å². The third-order valence-electron chi connectivity index (χ3n) is 7.87. The lowest BCUT2D eigenvalue weighted by molar-refractivity contribution is -0.155. The highest BCUT2D eigenvalue weighted by molar-refractivity contribution is 5.70. The number of hydrogen-bond acceptors (Lipinski definition) is 8. The van der Waals surface area contributed by atoms with E-state index in [0.29, 0.717) is 13.0 Å². The van der Waals surface area contributed by atoms with Crippen molar-refractivity contribution in [3.63, 3.8) is 0 Å². The number of benzene rings is 1. The van der Waals surface area contributed by atoms with Gasteiger partial charge >= 0.3 is 5.97 Å². The Kier molecular flexibility index (Phi) is 7.81. The summed E-state index contributed by atoms with van der Waals surface area (Å²) < 4.78 is 21.3. The summed E-state index contributed by atoms with van der Waals surface area (Å²) in [7, 11) is 0. The van der Waals surface area contributed by atoms with Crippen molar-refractivity contribution in [3.8, 4) is 11.4 Å². The standard InChI is InChI=1S/C32H38FN7O2/c1-32(2,3)42-31(41)14-16-37-17-19-38(20-18-37)29-11-5-9-25(35-29)27-22-34-28-12-13-30(36-40(27)28)39-15-6-10-26(39)23-7-4-8-24(33)21-23/h4-5,7-9,11-13,21-22,26H,6,10,14-20H2,1-3H3/t26-/m1/s1. The van der Waals surface area contributed by atoms with Crippen molar-refractivity contribution in [1.82, 2.24) is 24.5 Å². The van der Waals surface area contributed by atoms with Gasteiger partial charge in [0, 0.05) is 39.3 Å². The van der Waals surface area contributed by atoms with Crippen LogP contribution < -0.4 is 9.80 Å². The Morgan fingerprint density at radius 3 is 2.60 bits per heavy atom. The fraction of sp³-hybridized carbons (Fsp3) is 0.438. The van der Waals surface area contributed by atoms with E-state index in [1.54, 1.807) is 12.1 Å². The van der Waals surface area contributed by atoms with Crippen molar-refractivity contribution < 1.29 is 13.9 Å². The molecule has 1 atom stereocenters. The number of anilines is 2. The highest BCUT2D eigenvalue weighted by Crippen LogP contribution is 2.35. The molecule has 0 amide bonds. The second-order valence-corrected chi connectivity index (χ2v) is 12.1. The van der Waals surface area contributed by atoms with E-state index in [2.05, 4.69) is 19.7 Å². The number of esters is 1. The van der Waals surface area contributed by atoms with Crippen LogP contribution in [0.1, 0.15) is 51.6 Å². The highest BCUT2D eigenvalue weighted by Gasteiger charge is 2.28. The Morgan fingerprint density at radius 2 is 1.81 bits per heavy atom. The normalized spacial score (nSPS) is 18.1. The Balaban J connectivity index is 1.16. The van der Waals surface area contributed by atoms with E-state index in [-0.39, 0.29) is 17.8 Å². The van der Waals surface area contributed by atoms with E-state index in [1.807, 2.05) is 67.9 Å². The summed E-state index contributed by atoms with van der Waals surface area (Å²) in [6, 6.07) is 17.0. The van der Waals surface area contributed by atoms with Crippen LogP contribution in [0.5, 0.6) is 0 Å². The largest absolute Gasteiger partial charge is 0.460 e. The summed E-state index contributed by atoms with van der Waals surface area (Å²) in [5, 5.41) is 4.99. The zero-order chi connectivity index (χ0) is 29.3. The van der Waals surface area contributed by atoms with Crippen LogP contribution in [0.4, 0.5) is 16.0 Å². The van der Waals surface area contributed by atoms with E-state index in [9.17, 15) is 9.18 Å². The average molecular weight is 572 g/mol. The Hall–Kier alpha value is -4.05. The summed E-state index contributed by atoms with van der Waals surface area (Å²) in [6.07, 6.45) is 4.20. The molecule has 5 heterocycles. The van der Waals surface area contributed by atoms with Crippen LogP contribution >= 0.6 is 0 Å². The Bertz CT molecular complexity index is 1560. The molecule has 6 rings (SSSR count). The van der Waals surface area contributed by atoms with Gasteiger partial charge in [0.2, 0.25) is 0 Å². The van der Waals surface area contributed by atoms with Gasteiger partial charge in [-0.25, -0.2) is 18.9 Å². The summed E-state index contributed by atoms with van der Waals surface area (Å²) in [5.74, 6) is 1.38. The van der Waals surface area contributed by atoms with Crippen LogP contribution in [0.15, 0.2) is 60.8 Å². The molecule has 2 aliphatic heterocycles. The SMILES string of the molecule is CC(C)(C)OC(=O)CCN1CCN(c2cccc(-c3cnc4ccc(N5CCC[C@@H]5c5cccc(F)c5)nn34)n2)CC1. The number of nitrogens with zero attached hydrogens (tertiary/aromatic N) is 7. The summed E-state index contributed by atoms with van der Waals surface area (Å²) >= 11 is 0. The quantitative estimate of drug-likeness (QED) is 0.283. The number of rotatable bonds is 7. The van der Waals surface area contributed by atoms with Crippen LogP contribution in [0.25, 0.3) is 17.0 Å². The minimum atomic E-state index is -0.455. The maximum absolute atomic E-state index is 14.0. The first-order valence-electron chi connectivity index (χ1n) is 14.8. The maximum Gasteiger partial charge on any atom is 0.307 e. The minimum absolute atomic E-state index is 0.0851. The number of imidazole rings is 1. The van der Waals surface area contributed by atoms with E-state index >= 15 is 0 Å². The molecule has 0 N–H and O–H groups in total. The molecule has 0 aliphatic carbocycles. The molecule has 42 heavy (non-hydrogen) atoms. The number of aromatic nitrogens is 4. The topological polar surface area (TPSA) is 79.1 Å². The number of pyridine rings is 1. The van der Waals surface area contributed by atoms with Crippen molar-refractivity contribution in [3.05, 3.63) is 72.2 Å². The van der Waals surface area contributed by atoms with Gasteiger partial charge in [-0.15, -0.1) is 5.10 Å². The third-order valence-corrected chi connectivity index (χ3v) is 7.87. The number of fused-ring (bicyclic) bond motifs is 1. The van der Waals surface area contributed by atoms with Crippen LogP contribution in [-0.2, 0) is 9.53 Å². The monoisotopic (exact) mass is 571 g/mol. The number of piperazine rings is 1. The molecule has 3 aromatic heterocycles. The maximum atomic E-state index is 14.0.